The highest BCUT2D eigenvalue weighted by Crippen LogP contribution is 2.27. The summed E-state index contributed by atoms with van der Waals surface area (Å²) in [6.07, 6.45) is 4.25. The molecule has 1 saturated carbocycles. The zero-order valence-corrected chi connectivity index (χ0v) is 17.0. The van der Waals surface area contributed by atoms with Crippen LogP contribution >= 0.6 is 11.6 Å². The molecule has 7 heteroatoms. The monoisotopic (exact) mass is 406 g/mol. The lowest BCUT2D eigenvalue weighted by molar-refractivity contribution is 0.0735. The molecular formula is C20H23ClN2O3S. The number of benzene rings is 2. The molecule has 2 aromatic rings. The highest BCUT2D eigenvalue weighted by atomic mass is 35.5. The summed E-state index contributed by atoms with van der Waals surface area (Å²) in [5.41, 5.74) is 0.840. The largest absolute Gasteiger partial charge is 0.339 e. The summed E-state index contributed by atoms with van der Waals surface area (Å²) < 4.78 is 27.2. The van der Waals surface area contributed by atoms with E-state index in [0.29, 0.717) is 16.3 Å². The molecule has 144 valence electrons. The molecule has 0 radical (unpaired) electrons. The van der Waals surface area contributed by atoms with E-state index < -0.39 is 10.0 Å². The second-order valence-corrected chi connectivity index (χ2v) is 9.24. The van der Waals surface area contributed by atoms with E-state index in [2.05, 4.69) is 0 Å². The molecule has 0 aliphatic heterocycles. The summed E-state index contributed by atoms with van der Waals surface area (Å²) >= 11 is 5.98. The van der Waals surface area contributed by atoms with Crippen molar-refractivity contribution in [3.05, 3.63) is 59.1 Å². The summed E-state index contributed by atoms with van der Waals surface area (Å²) in [7, 11) is -0.544. The lowest BCUT2D eigenvalue weighted by Crippen LogP contribution is -2.35. The fourth-order valence-corrected chi connectivity index (χ4v) is 4.84. The van der Waals surface area contributed by atoms with Crippen molar-refractivity contribution in [1.82, 2.24) is 4.90 Å². The van der Waals surface area contributed by atoms with Gasteiger partial charge in [-0.15, -0.1) is 0 Å². The SMILES string of the molecule is CN(C(=O)c1cccc(S(=O)(=O)N(C)c2cccc(Cl)c2)c1)C1CCCC1. The first kappa shape index (κ1) is 19.7. The van der Waals surface area contributed by atoms with Gasteiger partial charge in [0.25, 0.3) is 15.9 Å². The number of nitrogens with zero attached hydrogens (tertiary/aromatic N) is 2. The van der Waals surface area contributed by atoms with E-state index in [1.807, 2.05) is 0 Å². The second kappa shape index (κ2) is 7.90. The standard InChI is InChI=1S/C20H23ClN2O3S/c1-22(17-9-3-4-10-17)20(24)15-7-5-12-19(13-15)27(25,26)23(2)18-11-6-8-16(21)14-18/h5-8,11-14,17H,3-4,9-10H2,1-2H3. The highest BCUT2D eigenvalue weighted by Gasteiger charge is 2.26. The van der Waals surface area contributed by atoms with E-state index in [1.54, 1.807) is 48.3 Å². The third-order valence-electron chi connectivity index (χ3n) is 5.10. The summed E-state index contributed by atoms with van der Waals surface area (Å²) in [5.74, 6) is -0.149. The van der Waals surface area contributed by atoms with Gasteiger partial charge >= 0.3 is 0 Å². The molecule has 5 nitrogen and oxygen atoms in total. The number of anilines is 1. The van der Waals surface area contributed by atoms with Crippen LogP contribution in [0.5, 0.6) is 0 Å². The van der Waals surface area contributed by atoms with Crippen molar-refractivity contribution in [1.29, 1.82) is 0 Å². The molecule has 0 atom stereocenters. The van der Waals surface area contributed by atoms with Crippen LogP contribution in [0.15, 0.2) is 53.4 Å². The van der Waals surface area contributed by atoms with Gasteiger partial charge in [0.1, 0.15) is 0 Å². The molecule has 27 heavy (non-hydrogen) atoms. The topological polar surface area (TPSA) is 57.7 Å². The van der Waals surface area contributed by atoms with Gasteiger partial charge in [-0.25, -0.2) is 8.42 Å². The molecule has 1 aliphatic carbocycles. The van der Waals surface area contributed by atoms with Crippen LogP contribution in [0.2, 0.25) is 5.02 Å². The minimum Gasteiger partial charge on any atom is -0.339 e. The van der Waals surface area contributed by atoms with Crippen molar-refractivity contribution in [3.63, 3.8) is 0 Å². The normalized spacial score (nSPS) is 14.9. The van der Waals surface area contributed by atoms with Crippen molar-refractivity contribution in [2.24, 2.45) is 0 Å². The Bertz CT molecular complexity index is 940. The van der Waals surface area contributed by atoms with Gasteiger partial charge in [0.15, 0.2) is 0 Å². The molecule has 0 unspecified atom stereocenters. The van der Waals surface area contributed by atoms with Crippen LogP contribution in [0.4, 0.5) is 5.69 Å². The zero-order chi connectivity index (χ0) is 19.6. The Morgan fingerprint density at radius 1 is 1.04 bits per heavy atom. The number of amides is 1. The number of carbonyl (C=O) groups excluding carboxylic acids is 1. The first-order chi connectivity index (χ1) is 12.8. The Balaban J connectivity index is 1.88. The maximum absolute atomic E-state index is 13.0. The van der Waals surface area contributed by atoms with Gasteiger partial charge in [0.05, 0.1) is 10.6 Å². The average Bonchev–Trinajstić information content (AvgIpc) is 3.21. The van der Waals surface area contributed by atoms with Crippen molar-refractivity contribution in [2.75, 3.05) is 18.4 Å². The lowest BCUT2D eigenvalue weighted by Gasteiger charge is -2.25. The van der Waals surface area contributed by atoms with Gasteiger partial charge in [0.2, 0.25) is 0 Å². The molecule has 0 bridgehead atoms. The van der Waals surface area contributed by atoms with Crippen molar-refractivity contribution in [2.45, 2.75) is 36.6 Å². The molecular weight excluding hydrogens is 384 g/mol. The Morgan fingerprint density at radius 3 is 2.37 bits per heavy atom. The molecule has 1 fully saturated rings. The van der Waals surface area contributed by atoms with Crippen molar-refractivity contribution in [3.8, 4) is 0 Å². The molecule has 0 heterocycles. The van der Waals surface area contributed by atoms with Crippen molar-refractivity contribution >= 4 is 33.2 Å². The molecule has 0 N–H and O–H groups in total. The van der Waals surface area contributed by atoms with E-state index in [-0.39, 0.29) is 16.8 Å². The van der Waals surface area contributed by atoms with Crippen LogP contribution in [-0.4, -0.2) is 39.4 Å². The van der Waals surface area contributed by atoms with E-state index in [4.69, 9.17) is 11.6 Å². The van der Waals surface area contributed by atoms with Crippen LogP contribution in [0.25, 0.3) is 0 Å². The van der Waals surface area contributed by atoms with Gasteiger partial charge in [-0.05, 0) is 49.2 Å². The summed E-state index contributed by atoms with van der Waals surface area (Å²) in [6, 6.07) is 13.1. The third-order valence-corrected chi connectivity index (χ3v) is 7.12. The predicted octanol–water partition coefficient (Wildman–Crippen LogP) is 4.18. The van der Waals surface area contributed by atoms with Crippen LogP contribution < -0.4 is 4.31 Å². The smallest absolute Gasteiger partial charge is 0.264 e. The summed E-state index contributed by atoms with van der Waals surface area (Å²) in [5, 5.41) is 0.455. The van der Waals surface area contributed by atoms with Gasteiger partial charge < -0.3 is 4.90 Å². The fourth-order valence-electron chi connectivity index (χ4n) is 3.42. The van der Waals surface area contributed by atoms with Gasteiger partial charge in [0, 0.05) is 30.7 Å². The van der Waals surface area contributed by atoms with Crippen LogP contribution in [-0.2, 0) is 10.0 Å². The quantitative estimate of drug-likeness (QED) is 0.748. The summed E-state index contributed by atoms with van der Waals surface area (Å²) in [4.78, 5) is 14.6. The third kappa shape index (κ3) is 4.12. The number of halogens is 1. The fraction of sp³-hybridized carbons (Fsp3) is 0.350. The number of rotatable bonds is 5. The average molecular weight is 407 g/mol. The molecule has 3 rings (SSSR count). The zero-order valence-electron chi connectivity index (χ0n) is 15.4. The molecule has 1 aliphatic rings. The molecule has 0 aromatic heterocycles. The predicted molar refractivity (Wildman–Crippen MR) is 108 cm³/mol. The minimum absolute atomic E-state index is 0.0793. The van der Waals surface area contributed by atoms with E-state index >= 15 is 0 Å². The lowest BCUT2D eigenvalue weighted by atomic mass is 10.1. The molecule has 2 aromatic carbocycles. The van der Waals surface area contributed by atoms with Crippen LogP contribution in [0, 0.1) is 0 Å². The van der Waals surface area contributed by atoms with E-state index in [1.165, 1.54) is 23.5 Å². The number of carbonyl (C=O) groups is 1. The molecule has 0 saturated heterocycles. The Morgan fingerprint density at radius 2 is 1.70 bits per heavy atom. The van der Waals surface area contributed by atoms with E-state index in [9.17, 15) is 13.2 Å². The molecule has 0 spiro atoms. The first-order valence-corrected chi connectivity index (χ1v) is 10.7. The Labute approximate surface area is 165 Å². The Hall–Kier alpha value is -2.05. The van der Waals surface area contributed by atoms with E-state index in [0.717, 1.165) is 25.7 Å². The maximum atomic E-state index is 13.0. The minimum atomic E-state index is -3.81. The van der Waals surface area contributed by atoms with Gasteiger partial charge in [-0.2, -0.15) is 0 Å². The highest BCUT2D eigenvalue weighted by molar-refractivity contribution is 7.92. The maximum Gasteiger partial charge on any atom is 0.264 e. The molecule has 1 amide bonds. The Kier molecular flexibility index (Phi) is 5.77. The van der Waals surface area contributed by atoms with Gasteiger partial charge in [-0.1, -0.05) is 36.6 Å². The second-order valence-electron chi connectivity index (χ2n) is 6.83. The van der Waals surface area contributed by atoms with Crippen LogP contribution in [0.3, 0.4) is 0 Å². The number of hydrogen-bond donors (Lipinski definition) is 0. The number of hydrogen-bond acceptors (Lipinski definition) is 3. The number of sulfonamides is 1. The first-order valence-electron chi connectivity index (χ1n) is 8.92. The van der Waals surface area contributed by atoms with Crippen LogP contribution in [0.1, 0.15) is 36.0 Å². The van der Waals surface area contributed by atoms with Gasteiger partial charge in [-0.3, -0.25) is 9.10 Å². The summed E-state index contributed by atoms with van der Waals surface area (Å²) in [6.45, 7) is 0. The van der Waals surface area contributed by atoms with Crippen molar-refractivity contribution < 1.29 is 13.2 Å².